The summed E-state index contributed by atoms with van der Waals surface area (Å²) in [5, 5.41) is 17.5. The molecule has 0 radical (unpaired) electrons. The van der Waals surface area contributed by atoms with Crippen molar-refractivity contribution in [1.29, 1.82) is 0 Å². The summed E-state index contributed by atoms with van der Waals surface area (Å²) in [5.41, 5.74) is 11.2. The van der Waals surface area contributed by atoms with Crippen molar-refractivity contribution in [2.45, 2.75) is 25.3 Å². The molecule has 1 atom stereocenters. The molecule has 0 fully saturated rings. The van der Waals surface area contributed by atoms with Crippen LogP contribution in [-0.4, -0.2) is 71.5 Å². The van der Waals surface area contributed by atoms with E-state index in [0.29, 0.717) is 19.5 Å². The van der Waals surface area contributed by atoms with Gasteiger partial charge in [0.1, 0.15) is 6.04 Å². The topological polar surface area (TPSA) is 230 Å². The van der Waals surface area contributed by atoms with Gasteiger partial charge >= 0.3 is 5.97 Å². The SMILES string of the molecule is C=Nc1c(/N=C\CCNc2ccc(C(=O)NC(CCC(=O)NCCN)C(=O)O)cc2)nc(N)[nH]c1=O. The Morgan fingerprint density at radius 2 is 1.94 bits per heavy atom. The number of aliphatic carboxylic acids is 1. The molecule has 0 bridgehead atoms. The first-order chi connectivity index (χ1) is 17.2. The number of nitrogen functional groups attached to an aromatic ring is 1. The number of amides is 2. The third kappa shape index (κ3) is 8.64. The molecule has 1 aromatic heterocycles. The summed E-state index contributed by atoms with van der Waals surface area (Å²) >= 11 is 0. The van der Waals surface area contributed by atoms with Gasteiger partial charge in [-0.2, -0.15) is 4.98 Å². The molecule has 0 aliphatic heterocycles. The second kappa shape index (κ2) is 14.0. The lowest BCUT2D eigenvalue weighted by Crippen LogP contribution is -2.41. The van der Waals surface area contributed by atoms with E-state index >= 15 is 0 Å². The van der Waals surface area contributed by atoms with Crippen molar-refractivity contribution in [3.05, 3.63) is 40.2 Å². The van der Waals surface area contributed by atoms with E-state index in [9.17, 15) is 24.3 Å². The molecule has 1 heterocycles. The van der Waals surface area contributed by atoms with Crippen LogP contribution in [0.4, 0.5) is 23.1 Å². The zero-order chi connectivity index (χ0) is 26.5. The van der Waals surface area contributed by atoms with Crippen LogP contribution in [0.3, 0.4) is 0 Å². The van der Waals surface area contributed by atoms with Crippen LogP contribution in [0.2, 0.25) is 0 Å². The van der Waals surface area contributed by atoms with Gasteiger partial charge in [-0.1, -0.05) is 0 Å². The molecular formula is C22H29N9O5. The molecule has 36 heavy (non-hydrogen) atoms. The molecule has 2 aromatic rings. The number of aliphatic imine (C=N–C) groups is 2. The Morgan fingerprint density at radius 3 is 2.58 bits per heavy atom. The molecule has 9 N–H and O–H groups in total. The highest BCUT2D eigenvalue weighted by atomic mass is 16.4. The van der Waals surface area contributed by atoms with Crippen molar-refractivity contribution in [1.82, 2.24) is 20.6 Å². The highest BCUT2D eigenvalue weighted by Crippen LogP contribution is 2.20. The van der Waals surface area contributed by atoms with Crippen LogP contribution < -0.4 is 33.0 Å². The third-order valence-corrected chi connectivity index (χ3v) is 4.75. The number of benzene rings is 1. The summed E-state index contributed by atoms with van der Waals surface area (Å²) in [7, 11) is 0. The molecule has 192 valence electrons. The quantitative estimate of drug-likeness (QED) is 0.136. The fraction of sp³-hybridized carbons (Fsp3) is 0.318. The zero-order valence-corrected chi connectivity index (χ0v) is 19.5. The van der Waals surface area contributed by atoms with E-state index in [4.69, 9.17) is 11.5 Å². The molecule has 0 aliphatic rings. The van der Waals surface area contributed by atoms with Gasteiger partial charge < -0.3 is 32.5 Å². The second-order valence-electron chi connectivity index (χ2n) is 7.43. The van der Waals surface area contributed by atoms with Gasteiger partial charge in [0.2, 0.25) is 11.9 Å². The first-order valence-electron chi connectivity index (χ1n) is 11.0. The highest BCUT2D eigenvalue weighted by molar-refractivity contribution is 5.97. The number of aromatic nitrogens is 2. The maximum absolute atomic E-state index is 12.4. The molecule has 14 nitrogen and oxygen atoms in total. The minimum Gasteiger partial charge on any atom is -0.480 e. The van der Waals surface area contributed by atoms with Crippen LogP contribution >= 0.6 is 0 Å². The van der Waals surface area contributed by atoms with Crippen LogP contribution in [0.25, 0.3) is 0 Å². The summed E-state index contributed by atoms with van der Waals surface area (Å²) in [6, 6.07) is 5.22. The van der Waals surface area contributed by atoms with Crippen molar-refractivity contribution in [2.75, 3.05) is 30.7 Å². The fourth-order valence-corrected chi connectivity index (χ4v) is 2.95. The van der Waals surface area contributed by atoms with Crippen molar-refractivity contribution < 1.29 is 19.5 Å². The predicted octanol–water partition coefficient (Wildman–Crippen LogP) is -0.0732. The fourth-order valence-electron chi connectivity index (χ4n) is 2.95. The average molecular weight is 500 g/mol. The molecule has 14 heteroatoms. The van der Waals surface area contributed by atoms with Crippen LogP contribution in [0.15, 0.2) is 39.0 Å². The lowest BCUT2D eigenvalue weighted by molar-refractivity contribution is -0.139. The Hall–Kier alpha value is -4.59. The molecule has 0 spiro atoms. The zero-order valence-electron chi connectivity index (χ0n) is 19.5. The van der Waals surface area contributed by atoms with E-state index in [1.165, 1.54) is 0 Å². The number of H-pyrrole nitrogens is 1. The maximum atomic E-state index is 12.4. The van der Waals surface area contributed by atoms with Crippen LogP contribution in [0.1, 0.15) is 29.6 Å². The van der Waals surface area contributed by atoms with Crippen molar-refractivity contribution >= 4 is 53.9 Å². The Balaban J connectivity index is 1.85. The molecule has 1 aromatic carbocycles. The Bertz CT molecular complexity index is 1160. The normalized spacial score (nSPS) is 11.6. The molecule has 0 saturated heterocycles. The maximum Gasteiger partial charge on any atom is 0.326 e. The lowest BCUT2D eigenvalue weighted by Gasteiger charge is -2.15. The predicted molar refractivity (Wildman–Crippen MR) is 136 cm³/mol. The van der Waals surface area contributed by atoms with E-state index in [2.05, 4.69) is 42.6 Å². The van der Waals surface area contributed by atoms with E-state index in [-0.39, 0.29) is 48.3 Å². The van der Waals surface area contributed by atoms with E-state index in [0.717, 1.165) is 5.69 Å². The summed E-state index contributed by atoms with van der Waals surface area (Å²) in [5.74, 6) is -2.15. The number of rotatable bonds is 14. The number of nitrogens with two attached hydrogens (primary N) is 2. The summed E-state index contributed by atoms with van der Waals surface area (Å²) in [6.45, 7) is 4.38. The first kappa shape index (κ1) is 27.7. The van der Waals surface area contributed by atoms with E-state index < -0.39 is 23.5 Å². The monoisotopic (exact) mass is 499 g/mol. The smallest absolute Gasteiger partial charge is 0.326 e. The van der Waals surface area contributed by atoms with Crippen molar-refractivity contribution in [3.8, 4) is 0 Å². The summed E-state index contributed by atoms with van der Waals surface area (Å²) in [6.07, 6.45) is 1.92. The summed E-state index contributed by atoms with van der Waals surface area (Å²) < 4.78 is 0. The van der Waals surface area contributed by atoms with Gasteiger partial charge in [-0.3, -0.25) is 24.4 Å². The number of anilines is 2. The number of carbonyl (C=O) groups excluding carboxylic acids is 2. The van der Waals surface area contributed by atoms with Gasteiger partial charge in [-0.15, -0.1) is 0 Å². The second-order valence-corrected chi connectivity index (χ2v) is 7.43. The number of carbonyl (C=O) groups is 3. The largest absolute Gasteiger partial charge is 0.480 e. The van der Waals surface area contributed by atoms with Gasteiger partial charge in [0.05, 0.1) is 0 Å². The van der Waals surface area contributed by atoms with Gasteiger partial charge in [0.25, 0.3) is 11.5 Å². The van der Waals surface area contributed by atoms with Crippen molar-refractivity contribution in [2.24, 2.45) is 15.7 Å². The molecule has 0 saturated carbocycles. The molecule has 2 rings (SSSR count). The Labute approximate surface area is 206 Å². The van der Waals surface area contributed by atoms with Gasteiger partial charge in [0, 0.05) is 49.9 Å². The number of nitrogens with zero attached hydrogens (tertiary/aromatic N) is 3. The number of hydrogen-bond donors (Lipinski definition) is 7. The number of carboxylic acids is 1. The van der Waals surface area contributed by atoms with E-state index in [1.54, 1.807) is 30.5 Å². The van der Waals surface area contributed by atoms with Crippen LogP contribution in [0.5, 0.6) is 0 Å². The minimum absolute atomic E-state index is 0.0257. The van der Waals surface area contributed by atoms with Gasteiger partial charge in [-0.05, 0) is 37.4 Å². The molecule has 2 amide bonds. The number of hydrogen-bond acceptors (Lipinski definition) is 10. The number of carboxylic acid groups (broad SMARTS) is 1. The van der Waals surface area contributed by atoms with E-state index in [1.807, 2.05) is 0 Å². The lowest BCUT2D eigenvalue weighted by atomic mass is 10.1. The van der Waals surface area contributed by atoms with Crippen LogP contribution in [0, 0.1) is 0 Å². The Morgan fingerprint density at radius 1 is 1.22 bits per heavy atom. The summed E-state index contributed by atoms with van der Waals surface area (Å²) in [4.78, 5) is 61.3. The standard InChI is InChI=1S/C22H29N9O5/c1-25-17-18(30-22(24)31-20(17)34)28-11-2-10-26-14-5-3-13(4-6-14)19(33)29-15(21(35)36)7-8-16(32)27-12-9-23/h3-6,11,15,26H,1-2,7-10,12,23H2,(H,27,32)(H,29,33)(H,35,36)(H3,24,30,31,34)/b28-11-. The highest BCUT2D eigenvalue weighted by Gasteiger charge is 2.21. The molecular weight excluding hydrogens is 470 g/mol. The number of aromatic amines is 1. The van der Waals surface area contributed by atoms with Crippen LogP contribution in [-0.2, 0) is 9.59 Å². The molecule has 1 unspecified atom stereocenters. The average Bonchev–Trinajstić information content (AvgIpc) is 2.84. The minimum atomic E-state index is -1.23. The van der Waals surface area contributed by atoms with Gasteiger partial charge in [-0.25, -0.2) is 9.79 Å². The first-order valence-corrected chi connectivity index (χ1v) is 11.0. The molecule has 0 aliphatic carbocycles. The number of nitrogens with one attached hydrogen (secondary N) is 4. The van der Waals surface area contributed by atoms with Crippen molar-refractivity contribution in [3.63, 3.8) is 0 Å². The Kier molecular flexibility index (Phi) is 10.7. The third-order valence-electron chi connectivity index (χ3n) is 4.75. The van der Waals surface area contributed by atoms with Gasteiger partial charge in [0.15, 0.2) is 11.5 Å².